The lowest BCUT2D eigenvalue weighted by molar-refractivity contribution is -0.384. The van der Waals surface area contributed by atoms with E-state index in [2.05, 4.69) is 15.3 Å². The second kappa shape index (κ2) is 7.36. The van der Waals surface area contributed by atoms with Crippen molar-refractivity contribution < 1.29 is 10.0 Å². The topological polar surface area (TPSA) is 101 Å². The van der Waals surface area contributed by atoms with Crippen molar-refractivity contribution in [1.82, 2.24) is 9.97 Å². The summed E-state index contributed by atoms with van der Waals surface area (Å²) in [5.41, 5.74) is 2.03. The molecule has 3 rings (SSSR count). The molecule has 0 aliphatic heterocycles. The van der Waals surface area contributed by atoms with Crippen molar-refractivity contribution in [2.24, 2.45) is 0 Å². The van der Waals surface area contributed by atoms with Gasteiger partial charge in [-0.05, 0) is 36.8 Å². The molecule has 0 amide bonds. The van der Waals surface area contributed by atoms with Crippen molar-refractivity contribution in [3.8, 4) is 5.75 Å². The molecular weight excluding hydrogens is 308 g/mol. The molecule has 2 aromatic carbocycles. The van der Waals surface area contributed by atoms with E-state index in [1.165, 1.54) is 18.5 Å². The smallest absolute Gasteiger partial charge is 0.270 e. The quantitative estimate of drug-likeness (QED) is 0.422. The third kappa shape index (κ3) is 3.57. The van der Waals surface area contributed by atoms with Crippen LogP contribution in [-0.4, -0.2) is 20.0 Å². The van der Waals surface area contributed by atoms with Gasteiger partial charge in [0.05, 0.1) is 10.4 Å². The SMILES string of the molecule is CC.Cc1cc(Nc2ncnc3ccc([N+](=O)[O-])cc23)ccc1O. The van der Waals surface area contributed by atoms with E-state index in [0.717, 1.165) is 5.69 Å². The van der Waals surface area contributed by atoms with Crippen LogP contribution in [0.2, 0.25) is 0 Å². The summed E-state index contributed by atoms with van der Waals surface area (Å²) in [6.45, 7) is 5.78. The maximum absolute atomic E-state index is 10.9. The van der Waals surface area contributed by atoms with E-state index >= 15 is 0 Å². The van der Waals surface area contributed by atoms with Gasteiger partial charge in [-0.15, -0.1) is 0 Å². The number of hydrogen-bond acceptors (Lipinski definition) is 6. The molecule has 0 saturated carbocycles. The molecule has 2 N–H and O–H groups in total. The summed E-state index contributed by atoms with van der Waals surface area (Å²) in [7, 11) is 0. The fourth-order valence-electron chi connectivity index (χ4n) is 2.13. The summed E-state index contributed by atoms with van der Waals surface area (Å²) in [6, 6.07) is 9.47. The predicted octanol–water partition coefficient (Wildman–Crippen LogP) is 4.32. The van der Waals surface area contributed by atoms with Crippen molar-refractivity contribution >= 4 is 28.1 Å². The van der Waals surface area contributed by atoms with Gasteiger partial charge >= 0.3 is 0 Å². The van der Waals surface area contributed by atoms with Crippen molar-refractivity contribution in [1.29, 1.82) is 0 Å². The molecule has 7 heteroatoms. The number of hydrogen-bond donors (Lipinski definition) is 2. The summed E-state index contributed by atoms with van der Waals surface area (Å²) in [4.78, 5) is 18.7. The number of nitrogens with zero attached hydrogens (tertiary/aromatic N) is 3. The second-order valence-electron chi connectivity index (χ2n) is 4.81. The van der Waals surface area contributed by atoms with Crippen LogP contribution in [0.3, 0.4) is 0 Å². The number of benzene rings is 2. The molecule has 1 aromatic heterocycles. The molecule has 0 atom stereocenters. The number of aromatic hydroxyl groups is 1. The molecule has 1 heterocycles. The van der Waals surface area contributed by atoms with E-state index in [-0.39, 0.29) is 11.4 Å². The maximum Gasteiger partial charge on any atom is 0.270 e. The van der Waals surface area contributed by atoms with Gasteiger partial charge in [0.1, 0.15) is 17.9 Å². The molecule has 0 aliphatic carbocycles. The lowest BCUT2D eigenvalue weighted by Gasteiger charge is -2.09. The van der Waals surface area contributed by atoms with Crippen molar-refractivity contribution in [3.05, 3.63) is 58.4 Å². The first-order valence-electron chi connectivity index (χ1n) is 7.50. The van der Waals surface area contributed by atoms with E-state index in [4.69, 9.17) is 0 Å². The van der Waals surface area contributed by atoms with Gasteiger partial charge in [-0.3, -0.25) is 10.1 Å². The van der Waals surface area contributed by atoms with Crippen LogP contribution < -0.4 is 5.32 Å². The van der Waals surface area contributed by atoms with E-state index in [9.17, 15) is 15.2 Å². The summed E-state index contributed by atoms with van der Waals surface area (Å²) < 4.78 is 0. The van der Waals surface area contributed by atoms with E-state index in [0.29, 0.717) is 22.3 Å². The van der Waals surface area contributed by atoms with Gasteiger partial charge in [0.15, 0.2) is 0 Å². The number of nitro benzene ring substituents is 1. The van der Waals surface area contributed by atoms with E-state index in [1.54, 1.807) is 31.2 Å². The van der Waals surface area contributed by atoms with Gasteiger partial charge in [0.25, 0.3) is 5.69 Å². The molecule has 24 heavy (non-hydrogen) atoms. The summed E-state index contributed by atoms with van der Waals surface area (Å²) in [6.07, 6.45) is 1.39. The number of phenolic OH excluding ortho intramolecular Hbond substituents is 1. The Kier molecular flexibility index (Phi) is 5.26. The fraction of sp³-hybridized carbons (Fsp3) is 0.176. The first-order valence-corrected chi connectivity index (χ1v) is 7.50. The third-order valence-corrected chi connectivity index (χ3v) is 3.29. The average Bonchev–Trinajstić information content (AvgIpc) is 2.60. The highest BCUT2D eigenvalue weighted by molar-refractivity contribution is 5.92. The van der Waals surface area contributed by atoms with E-state index < -0.39 is 4.92 Å². The molecular formula is C17H18N4O3. The van der Waals surface area contributed by atoms with Crippen LogP contribution in [0.1, 0.15) is 19.4 Å². The van der Waals surface area contributed by atoms with Gasteiger partial charge in [-0.1, -0.05) is 13.8 Å². The Morgan fingerprint density at radius 2 is 1.88 bits per heavy atom. The van der Waals surface area contributed by atoms with Gasteiger partial charge in [-0.2, -0.15) is 0 Å². The molecule has 0 bridgehead atoms. The molecule has 124 valence electrons. The maximum atomic E-state index is 10.9. The highest BCUT2D eigenvalue weighted by Gasteiger charge is 2.11. The molecule has 0 saturated heterocycles. The van der Waals surface area contributed by atoms with Crippen LogP contribution in [0, 0.1) is 17.0 Å². The lowest BCUT2D eigenvalue weighted by atomic mass is 10.2. The number of fused-ring (bicyclic) bond motifs is 1. The number of rotatable bonds is 3. The predicted molar refractivity (Wildman–Crippen MR) is 93.7 cm³/mol. The number of nitrogens with one attached hydrogen (secondary N) is 1. The van der Waals surface area contributed by atoms with Crippen LogP contribution in [0.4, 0.5) is 17.2 Å². The highest BCUT2D eigenvalue weighted by atomic mass is 16.6. The zero-order chi connectivity index (χ0) is 17.7. The molecule has 0 aliphatic rings. The molecule has 0 radical (unpaired) electrons. The Labute approximate surface area is 139 Å². The van der Waals surface area contributed by atoms with E-state index in [1.807, 2.05) is 13.8 Å². The van der Waals surface area contributed by atoms with Crippen LogP contribution >= 0.6 is 0 Å². The van der Waals surface area contributed by atoms with Gasteiger partial charge in [0, 0.05) is 23.2 Å². The van der Waals surface area contributed by atoms with Crippen LogP contribution in [-0.2, 0) is 0 Å². The lowest BCUT2D eigenvalue weighted by Crippen LogP contribution is -1.97. The Hall–Kier alpha value is -3.22. The summed E-state index contributed by atoms with van der Waals surface area (Å²) in [5.74, 6) is 0.674. The minimum atomic E-state index is -0.457. The van der Waals surface area contributed by atoms with Gasteiger partial charge in [-0.25, -0.2) is 9.97 Å². The minimum absolute atomic E-state index is 0.0211. The van der Waals surface area contributed by atoms with Crippen LogP contribution in [0.15, 0.2) is 42.7 Å². The molecule has 3 aromatic rings. The zero-order valence-corrected chi connectivity index (χ0v) is 13.6. The normalized spacial score (nSPS) is 9.96. The van der Waals surface area contributed by atoms with Crippen molar-refractivity contribution in [2.75, 3.05) is 5.32 Å². The Morgan fingerprint density at radius 3 is 2.54 bits per heavy atom. The number of nitro groups is 1. The van der Waals surface area contributed by atoms with Gasteiger partial charge in [0.2, 0.25) is 0 Å². The van der Waals surface area contributed by atoms with Crippen molar-refractivity contribution in [2.45, 2.75) is 20.8 Å². The van der Waals surface area contributed by atoms with Crippen LogP contribution in [0.5, 0.6) is 5.75 Å². The molecule has 0 fully saturated rings. The standard InChI is InChI=1S/C15H12N4O3.C2H6/c1-9-6-10(2-5-14(9)20)18-15-12-7-11(19(21)22)3-4-13(12)16-8-17-15;1-2/h2-8,20H,1H3,(H,16,17,18);1-2H3. The number of phenols is 1. The first kappa shape index (κ1) is 17.1. The fourth-order valence-corrected chi connectivity index (χ4v) is 2.13. The van der Waals surface area contributed by atoms with Crippen molar-refractivity contribution in [3.63, 3.8) is 0 Å². The first-order chi connectivity index (χ1) is 11.5. The highest BCUT2D eigenvalue weighted by Crippen LogP contribution is 2.28. The number of aryl methyl sites for hydroxylation is 1. The number of aromatic nitrogens is 2. The Balaban J connectivity index is 0.00000100. The average molecular weight is 326 g/mol. The molecule has 0 spiro atoms. The van der Waals surface area contributed by atoms with Gasteiger partial charge < -0.3 is 10.4 Å². The Bertz CT molecular complexity index is 881. The Morgan fingerprint density at radius 1 is 1.12 bits per heavy atom. The third-order valence-electron chi connectivity index (χ3n) is 3.29. The number of anilines is 2. The largest absolute Gasteiger partial charge is 0.508 e. The second-order valence-corrected chi connectivity index (χ2v) is 4.81. The minimum Gasteiger partial charge on any atom is -0.508 e. The zero-order valence-electron chi connectivity index (χ0n) is 13.6. The summed E-state index contributed by atoms with van der Waals surface area (Å²) in [5, 5.41) is 24.1. The van der Waals surface area contributed by atoms with Crippen LogP contribution in [0.25, 0.3) is 10.9 Å². The summed E-state index contributed by atoms with van der Waals surface area (Å²) >= 11 is 0. The molecule has 7 nitrogen and oxygen atoms in total. The monoisotopic (exact) mass is 326 g/mol. The molecule has 0 unspecified atom stereocenters. The number of non-ortho nitro benzene ring substituents is 1.